The molecule has 0 aliphatic rings. The first-order valence-electron chi connectivity index (χ1n) is 5.05. The van der Waals surface area contributed by atoms with E-state index in [0.717, 1.165) is 5.56 Å². The van der Waals surface area contributed by atoms with Crippen molar-refractivity contribution in [3.63, 3.8) is 0 Å². The van der Waals surface area contributed by atoms with Crippen LogP contribution in [0.15, 0.2) is 53.6 Å². The molecule has 0 aromatic heterocycles. The molecule has 0 heterocycles. The number of hydrogen-bond donors (Lipinski definition) is 1. The number of nitrogens with one attached hydrogen (secondary N) is 1. The van der Waals surface area contributed by atoms with Crippen molar-refractivity contribution >= 4 is 23.5 Å². The van der Waals surface area contributed by atoms with Crippen LogP contribution in [0.25, 0.3) is 0 Å². The molecule has 2 rings (SSSR count). The first-order chi connectivity index (χ1) is 8.25. The molecule has 1 N–H and O–H groups in total. The Morgan fingerprint density at radius 1 is 1.12 bits per heavy atom. The number of benzene rings is 2. The Morgan fingerprint density at radius 2 is 1.88 bits per heavy atom. The van der Waals surface area contributed by atoms with Gasteiger partial charge in [0.1, 0.15) is 5.82 Å². The Bertz CT molecular complexity index is 526. The van der Waals surface area contributed by atoms with Crippen molar-refractivity contribution in [1.82, 2.24) is 0 Å². The summed E-state index contributed by atoms with van der Waals surface area (Å²) in [6.07, 6.45) is 1.68. The molecular weight excluding hydrogens is 239 g/mol. The van der Waals surface area contributed by atoms with Gasteiger partial charge in [0, 0.05) is 0 Å². The zero-order valence-electron chi connectivity index (χ0n) is 8.90. The summed E-state index contributed by atoms with van der Waals surface area (Å²) in [7, 11) is 0. The summed E-state index contributed by atoms with van der Waals surface area (Å²) in [5.74, 6) is -0.441. The second-order valence-corrected chi connectivity index (χ2v) is 3.82. The van der Waals surface area contributed by atoms with Crippen LogP contribution in [-0.2, 0) is 0 Å². The third-order valence-electron chi connectivity index (χ3n) is 2.13. The highest BCUT2D eigenvalue weighted by Gasteiger charge is 1.98. The van der Waals surface area contributed by atoms with E-state index in [1.807, 2.05) is 30.3 Å². The molecule has 2 nitrogen and oxygen atoms in total. The van der Waals surface area contributed by atoms with E-state index in [1.54, 1.807) is 12.3 Å². The van der Waals surface area contributed by atoms with Gasteiger partial charge < -0.3 is 0 Å². The van der Waals surface area contributed by atoms with Crippen LogP contribution in [0.4, 0.5) is 10.1 Å². The van der Waals surface area contributed by atoms with E-state index in [-0.39, 0.29) is 5.02 Å². The van der Waals surface area contributed by atoms with Crippen molar-refractivity contribution in [2.45, 2.75) is 0 Å². The average Bonchev–Trinajstić information content (AvgIpc) is 2.35. The van der Waals surface area contributed by atoms with Crippen molar-refractivity contribution in [2.75, 3.05) is 5.43 Å². The van der Waals surface area contributed by atoms with Gasteiger partial charge in [0.2, 0.25) is 0 Å². The molecule has 0 saturated heterocycles. The van der Waals surface area contributed by atoms with Gasteiger partial charge in [-0.3, -0.25) is 5.43 Å². The summed E-state index contributed by atoms with van der Waals surface area (Å²) in [5.41, 5.74) is 4.40. The Hall–Kier alpha value is -1.87. The third-order valence-corrected chi connectivity index (χ3v) is 2.42. The van der Waals surface area contributed by atoms with Gasteiger partial charge >= 0.3 is 0 Å². The molecule has 0 aliphatic heterocycles. The molecule has 0 amide bonds. The molecule has 0 saturated carbocycles. The number of hydrogen-bond acceptors (Lipinski definition) is 2. The van der Waals surface area contributed by atoms with Crippen LogP contribution in [0.3, 0.4) is 0 Å². The normalized spacial score (nSPS) is 10.7. The minimum atomic E-state index is -0.441. The second-order valence-electron chi connectivity index (χ2n) is 3.41. The van der Waals surface area contributed by atoms with Crippen LogP contribution >= 0.6 is 11.6 Å². The van der Waals surface area contributed by atoms with E-state index in [9.17, 15) is 4.39 Å². The van der Waals surface area contributed by atoms with Gasteiger partial charge in [-0.1, -0.05) is 41.9 Å². The van der Waals surface area contributed by atoms with Crippen molar-refractivity contribution < 1.29 is 4.39 Å². The maximum Gasteiger partial charge on any atom is 0.141 e. The molecule has 0 unspecified atom stereocenters. The Labute approximate surface area is 104 Å². The molecule has 17 heavy (non-hydrogen) atoms. The predicted octanol–water partition coefficient (Wildman–Crippen LogP) is 3.93. The lowest BCUT2D eigenvalue weighted by molar-refractivity contribution is 0.628. The smallest absolute Gasteiger partial charge is 0.141 e. The molecule has 0 spiro atoms. The fourth-order valence-corrected chi connectivity index (χ4v) is 1.47. The Balaban J connectivity index is 2.03. The number of anilines is 1. The van der Waals surface area contributed by atoms with E-state index < -0.39 is 5.82 Å². The fourth-order valence-electron chi connectivity index (χ4n) is 1.29. The molecule has 4 heteroatoms. The van der Waals surface area contributed by atoms with Crippen LogP contribution in [0.2, 0.25) is 5.02 Å². The topological polar surface area (TPSA) is 24.4 Å². The van der Waals surface area contributed by atoms with Crippen LogP contribution in [-0.4, -0.2) is 6.21 Å². The highest BCUT2D eigenvalue weighted by atomic mass is 35.5. The largest absolute Gasteiger partial charge is 0.278 e. The van der Waals surface area contributed by atoms with E-state index >= 15 is 0 Å². The van der Waals surface area contributed by atoms with Gasteiger partial charge in [-0.15, -0.1) is 0 Å². The predicted molar refractivity (Wildman–Crippen MR) is 69.1 cm³/mol. The van der Waals surface area contributed by atoms with Crippen LogP contribution in [0, 0.1) is 5.82 Å². The number of hydrazone groups is 1. The summed E-state index contributed by atoms with van der Waals surface area (Å²) in [6, 6.07) is 14.0. The molecule has 0 radical (unpaired) electrons. The molecule has 2 aromatic rings. The Kier molecular flexibility index (Phi) is 3.73. The zero-order valence-corrected chi connectivity index (χ0v) is 9.66. The number of rotatable bonds is 3. The minimum Gasteiger partial charge on any atom is -0.278 e. The lowest BCUT2D eigenvalue weighted by Crippen LogP contribution is -1.91. The van der Waals surface area contributed by atoms with Gasteiger partial charge in [-0.2, -0.15) is 5.10 Å². The number of halogens is 2. The van der Waals surface area contributed by atoms with Crippen LogP contribution in [0.5, 0.6) is 0 Å². The molecule has 0 atom stereocenters. The first kappa shape index (κ1) is 11.6. The molecule has 0 fully saturated rings. The highest BCUT2D eigenvalue weighted by molar-refractivity contribution is 6.31. The van der Waals surface area contributed by atoms with Gasteiger partial charge in [-0.05, 0) is 23.8 Å². The number of nitrogens with zero attached hydrogens (tertiary/aromatic N) is 1. The summed E-state index contributed by atoms with van der Waals surface area (Å²) < 4.78 is 12.9. The monoisotopic (exact) mass is 248 g/mol. The first-order valence-corrected chi connectivity index (χ1v) is 5.43. The third kappa shape index (κ3) is 3.29. The van der Waals surface area contributed by atoms with E-state index in [4.69, 9.17) is 11.6 Å². The summed E-state index contributed by atoms with van der Waals surface area (Å²) in [5, 5.41) is 4.10. The van der Waals surface area contributed by atoms with Crippen LogP contribution in [0.1, 0.15) is 5.56 Å². The molecular formula is C13H10ClFN2. The average molecular weight is 249 g/mol. The minimum absolute atomic E-state index is 0.0740. The highest BCUT2D eigenvalue weighted by Crippen LogP contribution is 2.19. The zero-order chi connectivity index (χ0) is 12.1. The molecule has 0 bridgehead atoms. The molecule has 0 aliphatic carbocycles. The maximum absolute atomic E-state index is 12.9. The lowest BCUT2D eigenvalue weighted by Gasteiger charge is -2.01. The second kappa shape index (κ2) is 5.46. The lowest BCUT2D eigenvalue weighted by atomic mass is 10.2. The van der Waals surface area contributed by atoms with Crippen molar-refractivity contribution in [3.8, 4) is 0 Å². The Morgan fingerprint density at radius 3 is 2.59 bits per heavy atom. The quantitative estimate of drug-likeness (QED) is 0.646. The van der Waals surface area contributed by atoms with Crippen LogP contribution < -0.4 is 5.43 Å². The molecule has 2 aromatic carbocycles. The van der Waals surface area contributed by atoms with E-state index in [2.05, 4.69) is 10.5 Å². The summed E-state index contributed by atoms with van der Waals surface area (Å²) >= 11 is 5.64. The molecule has 86 valence electrons. The van der Waals surface area contributed by atoms with Crippen molar-refractivity contribution in [2.24, 2.45) is 5.10 Å². The summed E-state index contributed by atoms with van der Waals surface area (Å²) in [4.78, 5) is 0. The summed E-state index contributed by atoms with van der Waals surface area (Å²) in [6.45, 7) is 0. The van der Waals surface area contributed by atoms with E-state index in [0.29, 0.717) is 5.69 Å². The standard InChI is InChI=1S/C13H10ClFN2/c14-12-8-11(6-7-13(12)15)17-16-9-10-4-2-1-3-5-10/h1-9,17H. The van der Waals surface area contributed by atoms with Gasteiger partial charge in [-0.25, -0.2) is 4.39 Å². The van der Waals surface area contributed by atoms with E-state index in [1.165, 1.54) is 12.1 Å². The fraction of sp³-hybridized carbons (Fsp3) is 0. The van der Waals surface area contributed by atoms with Crippen molar-refractivity contribution in [3.05, 3.63) is 64.9 Å². The maximum atomic E-state index is 12.9. The van der Waals surface area contributed by atoms with Gasteiger partial charge in [0.15, 0.2) is 0 Å². The van der Waals surface area contributed by atoms with Crippen molar-refractivity contribution in [1.29, 1.82) is 0 Å². The van der Waals surface area contributed by atoms with Gasteiger partial charge in [0.25, 0.3) is 0 Å². The SMILES string of the molecule is Fc1ccc(NN=Cc2ccccc2)cc1Cl. The van der Waals surface area contributed by atoms with Gasteiger partial charge in [0.05, 0.1) is 16.9 Å².